The van der Waals surface area contributed by atoms with Gasteiger partial charge in [0.25, 0.3) is 0 Å². The van der Waals surface area contributed by atoms with E-state index >= 15 is 0 Å². The van der Waals surface area contributed by atoms with Crippen LogP contribution in [0.5, 0.6) is 0 Å². The Hall–Kier alpha value is -2.07. The van der Waals surface area contributed by atoms with Gasteiger partial charge in [0.05, 0.1) is 6.54 Å². The van der Waals surface area contributed by atoms with Crippen LogP contribution in [-0.2, 0) is 11.3 Å². The van der Waals surface area contributed by atoms with Crippen molar-refractivity contribution in [1.82, 2.24) is 0 Å². The minimum Gasteiger partial charge on any atom is -0.368 e. The van der Waals surface area contributed by atoms with E-state index in [0.29, 0.717) is 6.54 Å². The number of benzene rings is 2. The van der Waals surface area contributed by atoms with E-state index in [4.69, 9.17) is 11.5 Å². The SMILES string of the molecule is CCCCN(CC(N)=O)c1ccc(CN)c2ccccc12. The highest BCUT2D eigenvalue weighted by atomic mass is 16.1. The van der Waals surface area contributed by atoms with E-state index in [1.54, 1.807) is 0 Å². The molecule has 2 aromatic carbocycles. The molecule has 2 aromatic rings. The zero-order chi connectivity index (χ0) is 15.2. The molecule has 0 bridgehead atoms. The fourth-order valence-electron chi connectivity index (χ4n) is 2.62. The van der Waals surface area contributed by atoms with E-state index in [0.717, 1.165) is 41.4 Å². The number of hydrogen-bond acceptors (Lipinski definition) is 3. The van der Waals surface area contributed by atoms with Gasteiger partial charge in [-0.1, -0.05) is 43.7 Å². The van der Waals surface area contributed by atoms with Gasteiger partial charge in [0, 0.05) is 24.2 Å². The van der Waals surface area contributed by atoms with Crippen molar-refractivity contribution in [2.24, 2.45) is 11.5 Å². The number of carbonyl (C=O) groups is 1. The van der Waals surface area contributed by atoms with E-state index in [2.05, 4.69) is 24.0 Å². The van der Waals surface area contributed by atoms with Crippen LogP contribution in [0.1, 0.15) is 25.3 Å². The summed E-state index contributed by atoms with van der Waals surface area (Å²) in [7, 11) is 0. The van der Waals surface area contributed by atoms with E-state index in [9.17, 15) is 4.79 Å². The number of nitrogens with zero attached hydrogens (tertiary/aromatic N) is 1. The van der Waals surface area contributed by atoms with Crippen LogP contribution in [0.4, 0.5) is 5.69 Å². The van der Waals surface area contributed by atoms with Gasteiger partial charge in [0.2, 0.25) is 5.91 Å². The van der Waals surface area contributed by atoms with Crippen molar-refractivity contribution in [3.8, 4) is 0 Å². The van der Waals surface area contributed by atoms with Crippen LogP contribution in [0, 0.1) is 0 Å². The fourth-order valence-corrected chi connectivity index (χ4v) is 2.62. The van der Waals surface area contributed by atoms with Crippen molar-refractivity contribution in [2.75, 3.05) is 18.0 Å². The number of carbonyl (C=O) groups excluding carboxylic acids is 1. The lowest BCUT2D eigenvalue weighted by Gasteiger charge is -2.25. The maximum absolute atomic E-state index is 11.4. The molecule has 1 amide bonds. The summed E-state index contributed by atoms with van der Waals surface area (Å²) in [6.07, 6.45) is 2.11. The number of nitrogens with two attached hydrogens (primary N) is 2. The second-order valence-electron chi connectivity index (χ2n) is 5.23. The number of hydrogen-bond donors (Lipinski definition) is 2. The summed E-state index contributed by atoms with van der Waals surface area (Å²) >= 11 is 0. The monoisotopic (exact) mass is 285 g/mol. The summed E-state index contributed by atoms with van der Waals surface area (Å²) in [5.74, 6) is -0.307. The maximum Gasteiger partial charge on any atom is 0.236 e. The molecule has 0 aromatic heterocycles. The fraction of sp³-hybridized carbons (Fsp3) is 0.353. The lowest BCUT2D eigenvalue weighted by Crippen LogP contribution is -2.34. The summed E-state index contributed by atoms with van der Waals surface area (Å²) in [4.78, 5) is 13.4. The number of anilines is 1. The Balaban J connectivity index is 2.49. The highest BCUT2D eigenvalue weighted by Gasteiger charge is 2.13. The summed E-state index contributed by atoms with van der Waals surface area (Å²) < 4.78 is 0. The first-order valence-electron chi connectivity index (χ1n) is 7.41. The average Bonchev–Trinajstić information content (AvgIpc) is 2.50. The molecule has 0 aliphatic heterocycles. The zero-order valence-electron chi connectivity index (χ0n) is 12.5. The molecule has 0 radical (unpaired) electrons. The van der Waals surface area contributed by atoms with Gasteiger partial charge in [-0.05, 0) is 23.4 Å². The topological polar surface area (TPSA) is 72.3 Å². The summed E-state index contributed by atoms with van der Waals surface area (Å²) in [6, 6.07) is 12.2. The molecule has 112 valence electrons. The standard InChI is InChI=1S/C17H23N3O/c1-2-3-10-20(12-17(19)21)16-9-8-13(11-18)14-6-4-5-7-15(14)16/h4-9H,2-3,10-12,18H2,1H3,(H2,19,21). The third kappa shape index (κ3) is 3.52. The molecular weight excluding hydrogens is 262 g/mol. The molecule has 0 atom stereocenters. The second-order valence-corrected chi connectivity index (χ2v) is 5.23. The highest BCUT2D eigenvalue weighted by Crippen LogP contribution is 2.29. The third-order valence-electron chi connectivity index (χ3n) is 3.68. The first-order chi connectivity index (χ1) is 10.2. The van der Waals surface area contributed by atoms with Gasteiger partial charge in [-0.2, -0.15) is 0 Å². The first kappa shape index (κ1) is 15.3. The highest BCUT2D eigenvalue weighted by molar-refractivity contribution is 5.97. The van der Waals surface area contributed by atoms with E-state index < -0.39 is 0 Å². The van der Waals surface area contributed by atoms with E-state index in [1.165, 1.54) is 0 Å². The normalized spacial score (nSPS) is 10.8. The second kappa shape index (κ2) is 7.09. The van der Waals surface area contributed by atoms with Crippen LogP contribution in [0.3, 0.4) is 0 Å². The predicted octanol–water partition coefficient (Wildman–Crippen LogP) is 2.39. The minimum atomic E-state index is -0.307. The van der Waals surface area contributed by atoms with Crippen molar-refractivity contribution >= 4 is 22.4 Å². The van der Waals surface area contributed by atoms with Crippen LogP contribution in [0.15, 0.2) is 36.4 Å². The molecular formula is C17H23N3O. The van der Waals surface area contributed by atoms with Gasteiger partial charge in [-0.15, -0.1) is 0 Å². The Bertz CT molecular complexity index is 624. The van der Waals surface area contributed by atoms with Crippen LogP contribution in [0.25, 0.3) is 10.8 Å². The molecule has 0 saturated carbocycles. The molecule has 0 fully saturated rings. The van der Waals surface area contributed by atoms with Crippen LogP contribution in [-0.4, -0.2) is 19.0 Å². The van der Waals surface area contributed by atoms with Crippen molar-refractivity contribution in [3.63, 3.8) is 0 Å². The Morgan fingerprint density at radius 2 is 1.86 bits per heavy atom. The molecule has 0 aliphatic rings. The maximum atomic E-state index is 11.4. The van der Waals surface area contributed by atoms with Crippen LogP contribution < -0.4 is 16.4 Å². The van der Waals surface area contributed by atoms with E-state index in [1.807, 2.05) is 24.3 Å². The van der Waals surface area contributed by atoms with Crippen molar-refractivity contribution < 1.29 is 4.79 Å². The summed E-state index contributed by atoms with van der Waals surface area (Å²) in [6.45, 7) is 3.71. The molecule has 0 aliphatic carbocycles. The molecule has 0 unspecified atom stereocenters. The number of unbranched alkanes of at least 4 members (excludes halogenated alkanes) is 1. The average molecular weight is 285 g/mol. The quantitative estimate of drug-likeness (QED) is 0.820. The van der Waals surface area contributed by atoms with Gasteiger partial charge in [-0.3, -0.25) is 4.79 Å². The van der Waals surface area contributed by atoms with Crippen molar-refractivity contribution in [2.45, 2.75) is 26.3 Å². The van der Waals surface area contributed by atoms with E-state index in [-0.39, 0.29) is 12.5 Å². The number of rotatable bonds is 7. The number of fused-ring (bicyclic) bond motifs is 1. The Kier molecular flexibility index (Phi) is 5.17. The van der Waals surface area contributed by atoms with Crippen molar-refractivity contribution in [1.29, 1.82) is 0 Å². The number of amides is 1. The largest absolute Gasteiger partial charge is 0.368 e. The minimum absolute atomic E-state index is 0.242. The Morgan fingerprint density at radius 3 is 2.48 bits per heavy atom. The van der Waals surface area contributed by atoms with Gasteiger partial charge in [0.1, 0.15) is 0 Å². The lowest BCUT2D eigenvalue weighted by molar-refractivity contribution is -0.116. The molecule has 4 heteroatoms. The predicted molar refractivity (Wildman–Crippen MR) is 88.2 cm³/mol. The van der Waals surface area contributed by atoms with Crippen molar-refractivity contribution in [3.05, 3.63) is 42.0 Å². The molecule has 4 N–H and O–H groups in total. The molecule has 4 nitrogen and oxygen atoms in total. The summed E-state index contributed by atoms with van der Waals surface area (Å²) in [5.41, 5.74) is 13.4. The summed E-state index contributed by atoms with van der Waals surface area (Å²) in [5, 5.41) is 2.27. The molecule has 21 heavy (non-hydrogen) atoms. The molecule has 0 spiro atoms. The third-order valence-corrected chi connectivity index (χ3v) is 3.68. The van der Waals surface area contributed by atoms with Gasteiger partial charge >= 0.3 is 0 Å². The molecule has 0 heterocycles. The Morgan fingerprint density at radius 1 is 1.14 bits per heavy atom. The zero-order valence-corrected chi connectivity index (χ0v) is 12.5. The van der Waals surface area contributed by atoms with Crippen LogP contribution >= 0.6 is 0 Å². The first-order valence-corrected chi connectivity index (χ1v) is 7.41. The molecule has 0 saturated heterocycles. The number of primary amides is 1. The molecule has 2 rings (SSSR count). The van der Waals surface area contributed by atoms with Gasteiger partial charge in [0.15, 0.2) is 0 Å². The smallest absolute Gasteiger partial charge is 0.236 e. The lowest BCUT2D eigenvalue weighted by atomic mass is 10.0. The van der Waals surface area contributed by atoms with Crippen LogP contribution in [0.2, 0.25) is 0 Å². The van der Waals surface area contributed by atoms with Gasteiger partial charge < -0.3 is 16.4 Å². The Labute approximate surface area is 125 Å². The van der Waals surface area contributed by atoms with Gasteiger partial charge in [-0.25, -0.2) is 0 Å².